The average Bonchev–Trinajstić information content (AvgIpc) is 3.21. The predicted octanol–water partition coefficient (Wildman–Crippen LogP) is 0.762. The minimum Gasteiger partial charge on any atom is -0.404 e. The highest BCUT2D eigenvalue weighted by Gasteiger charge is 2.68. The van der Waals surface area contributed by atoms with Crippen LogP contribution >= 0.6 is 0 Å². The highest BCUT2D eigenvalue weighted by atomic mass is 16.7. The first-order chi connectivity index (χ1) is 17.8. The first-order valence-corrected chi connectivity index (χ1v) is 14.2. The Bertz CT molecular complexity index is 901. The molecule has 11 nitrogen and oxygen atoms in total. The van der Waals surface area contributed by atoms with E-state index in [9.17, 15) is 14.5 Å². The van der Waals surface area contributed by atoms with E-state index in [0.717, 1.165) is 12.8 Å². The Morgan fingerprint density at radius 2 is 1.87 bits per heavy atom. The molecule has 1 saturated heterocycles. The minimum atomic E-state index is -0.725. The van der Waals surface area contributed by atoms with Crippen molar-refractivity contribution in [1.82, 2.24) is 16.1 Å². The van der Waals surface area contributed by atoms with E-state index in [4.69, 9.17) is 15.0 Å². The first kappa shape index (κ1) is 30.3. The highest BCUT2D eigenvalue weighted by Crippen LogP contribution is 2.65. The molecule has 3 aliphatic carbocycles. The number of hydrogen-bond donors (Lipinski definition) is 5. The van der Waals surface area contributed by atoms with Crippen LogP contribution in [0.15, 0.2) is 5.29 Å². The smallest absolute Gasteiger partial charge is 0.404 e. The van der Waals surface area contributed by atoms with Crippen molar-refractivity contribution in [2.75, 3.05) is 6.54 Å². The first-order valence-electron chi connectivity index (χ1n) is 14.2. The lowest BCUT2D eigenvalue weighted by molar-refractivity contribution is -0.461. The topological polar surface area (TPSA) is 158 Å². The molecule has 4 aliphatic rings. The van der Waals surface area contributed by atoms with Crippen molar-refractivity contribution in [2.24, 2.45) is 40.1 Å². The van der Waals surface area contributed by atoms with Gasteiger partial charge in [-0.05, 0) is 68.6 Å². The van der Waals surface area contributed by atoms with Gasteiger partial charge in [-0.3, -0.25) is 20.3 Å². The SMILES string of the molecule is CCC(C)C(=O)N[C@@H](CCC[NH+]=C(N)NN=O)C(=O)N[C@@H](CC(C)C)B1O[C@@H]2C[C@@H]3C[C@@H](C3(C)C)[C@]2(C)O1. The number of nitrogens with one attached hydrogen (secondary N) is 4. The number of nitrogens with zero attached hydrogens (tertiary/aromatic N) is 1. The Morgan fingerprint density at radius 1 is 1.16 bits per heavy atom. The maximum atomic E-state index is 13.6. The Kier molecular flexibility index (Phi) is 9.84. The van der Waals surface area contributed by atoms with E-state index < -0.39 is 13.2 Å². The molecule has 4 fully saturated rings. The Labute approximate surface area is 227 Å². The molecule has 1 heterocycles. The van der Waals surface area contributed by atoms with E-state index in [2.05, 4.69) is 61.0 Å². The molecular weight excluding hydrogens is 487 g/mol. The second-order valence-electron chi connectivity index (χ2n) is 12.6. The van der Waals surface area contributed by atoms with Gasteiger partial charge in [-0.25, -0.2) is 0 Å². The van der Waals surface area contributed by atoms with E-state index in [0.29, 0.717) is 50.0 Å². The predicted molar refractivity (Wildman–Crippen MR) is 146 cm³/mol. The fourth-order valence-electron chi connectivity index (χ4n) is 6.49. The van der Waals surface area contributed by atoms with Crippen LogP contribution < -0.4 is 26.8 Å². The summed E-state index contributed by atoms with van der Waals surface area (Å²) in [5.74, 6) is 0.461. The number of guanidine groups is 1. The highest BCUT2D eigenvalue weighted by molar-refractivity contribution is 6.47. The molecule has 12 heteroatoms. The van der Waals surface area contributed by atoms with Gasteiger partial charge < -0.3 is 19.9 Å². The van der Waals surface area contributed by atoms with Crippen LogP contribution in [0.4, 0.5) is 0 Å². The molecular formula is C26H48BN6O5+. The number of rotatable bonds is 13. The Hall–Kier alpha value is -2.21. The second kappa shape index (κ2) is 12.3. The van der Waals surface area contributed by atoms with Gasteiger partial charge in [0.05, 0.1) is 24.2 Å². The number of hydrogen-bond acceptors (Lipinski definition) is 6. The van der Waals surface area contributed by atoms with Crippen molar-refractivity contribution in [2.45, 2.75) is 111 Å². The number of carbonyl (C=O) groups is 2. The molecule has 214 valence electrons. The third-order valence-corrected chi connectivity index (χ3v) is 9.19. The maximum absolute atomic E-state index is 13.6. The van der Waals surface area contributed by atoms with Crippen LogP contribution in [-0.4, -0.2) is 55.1 Å². The lowest BCUT2D eigenvalue weighted by Crippen LogP contribution is -2.78. The molecule has 4 rings (SSSR count). The third kappa shape index (κ3) is 6.50. The number of carbonyl (C=O) groups excluding carboxylic acids is 2. The largest absolute Gasteiger partial charge is 0.481 e. The van der Waals surface area contributed by atoms with Crippen LogP contribution in [0.2, 0.25) is 0 Å². The molecule has 2 amide bonds. The summed E-state index contributed by atoms with van der Waals surface area (Å²) in [4.78, 5) is 39.4. The van der Waals surface area contributed by atoms with Crippen molar-refractivity contribution < 1.29 is 23.9 Å². The zero-order valence-corrected chi connectivity index (χ0v) is 24.1. The summed E-state index contributed by atoms with van der Waals surface area (Å²) >= 11 is 0. The van der Waals surface area contributed by atoms with Gasteiger partial charge in [-0.2, -0.15) is 0 Å². The molecule has 0 aromatic rings. The molecule has 38 heavy (non-hydrogen) atoms. The summed E-state index contributed by atoms with van der Waals surface area (Å²) in [5.41, 5.74) is 7.57. The third-order valence-electron chi connectivity index (χ3n) is 9.19. The average molecular weight is 536 g/mol. The van der Waals surface area contributed by atoms with Gasteiger partial charge in [-0.1, -0.05) is 41.5 Å². The molecule has 1 unspecified atom stereocenters. The van der Waals surface area contributed by atoms with Gasteiger partial charge in [-0.15, -0.1) is 10.3 Å². The summed E-state index contributed by atoms with van der Waals surface area (Å²) in [7, 11) is -0.532. The van der Waals surface area contributed by atoms with E-state index in [1.165, 1.54) is 0 Å². The fraction of sp³-hybridized carbons (Fsp3) is 0.885. The summed E-state index contributed by atoms with van der Waals surface area (Å²) < 4.78 is 13.2. The zero-order valence-electron chi connectivity index (χ0n) is 24.1. The van der Waals surface area contributed by atoms with Gasteiger partial charge in [0.2, 0.25) is 11.8 Å². The molecule has 7 atom stereocenters. The van der Waals surface area contributed by atoms with Gasteiger partial charge in [0.15, 0.2) is 0 Å². The summed E-state index contributed by atoms with van der Waals surface area (Å²) in [5, 5.41) is 8.62. The quantitative estimate of drug-likeness (QED) is 0.0582. The lowest BCUT2D eigenvalue weighted by Gasteiger charge is -2.64. The van der Waals surface area contributed by atoms with Crippen LogP contribution in [0.5, 0.6) is 0 Å². The van der Waals surface area contributed by atoms with Crippen molar-refractivity contribution >= 4 is 24.9 Å². The molecule has 6 N–H and O–H groups in total. The number of amides is 2. The Balaban J connectivity index is 1.70. The molecule has 0 aromatic heterocycles. The van der Waals surface area contributed by atoms with Gasteiger partial charge in [0, 0.05) is 5.92 Å². The lowest BCUT2D eigenvalue weighted by atomic mass is 9.43. The van der Waals surface area contributed by atoms with Crippen LogP contribution in [-0.2, 0) is 18.9 Å². The molecule has 3 saturated carbocycles. The van der Waals surface area contributed by atoms with E-state index >= 15 is 0 Å². The molecule has 0 aromatic carbocycles. The molecule has 2 bridgehead atoms. The monoisotopic (exact) mass is 535 g/mol. The van der Waals surface area contributed by atoms with E-state index in [1.807, 2.05) is 13.8 Å². The second-order valence-corrected chi connectivity index (χ2v) is 12.6. The van der Waals surface area contributed by atoms with Crippen molar-refractivity contribution in [1.29, 1.82) is 0 Å². The summed E-state index contributed by atoms with van der Waals surface area (Å²) in [6.07, 6.45) is 4.46. The van der Waals surface area contributed by atoms with Crippen LogP contribution in [0, 0.1) is 34.0 Å². The van der Waals surface area contributed by atoms with Gasteiger partial charge in [0.1, 0.15) is 11.3 Å². The standard InChI is InChI=1S/C26H47BN6O5/c1-8-16(4)22(34)30-18(10-9-11-29-24(28)32-33-36)23(35)31-21(12-15(2)3)27-37-20-14-17-13-19(25(17,5)6)26(20,7)38-27/h15-21H,8-14H2,1-7H3,(H,30,34)(H,31,35)(H3,28,29,32,36)/p+1/t16?,17-,18-,19-,20+,21-,26-/m0/s1. The molecule has 0 radical (unpaired) electrons. The van der Waals surface area contributed by atoms with E-state index in [-0.39, 0.29) is 46.8 Å². The van der Waals surface area contributed by atoms with Gasteiger partial charge in [0.25, 0.3) is 0 Å². The van der Waals surface area contributed by atoms with Gasteiger partial charge >= 0.3 is 13.1 Å². The molecule has 1 aliphatic heterocycles. The van der Waals surface area contributed by atoms with Crippen molar-refractivity contribution in [3.63, 3.8) is 0 Å². The number of nitrogens with two attached hydrogens (primary N) is 1. The normalized spacial score (nSPS) is 30.1. The minimum absolute atomic E-state index is 0.0268. The van der Waals surface area contributed by atoms with Crippen LogP contribution in [0.25, 0.3) is 0 Å². The summed E-state index contributed by atoms with van der Waals surface area (Å²) in [6, 6.07) is -0.725. The fourth-order valence-corrected chi connectivity index (χ4v) is 6.49. The van der Waals surface area contributed by atoms with Crippen LogP contribution in [0.1, 0.15) is 87.0 Å². The van der Waals surface area contributed by atoms with Crippen molar-refractivity contribution in [3.8, 4) is 0 Å². The molecule has 0 spiro atoms. The maximum Gasteiger partial charge on any atom is 0.481 e. The van der Waals surface area contributed by atoms with E-state index in [1.54, 1.807) is 0 Å². The summed E-state index contributed by atoms with van der Waals surface area (Å²) in [6.45, 7) is 15.2. The Morgan fingerprint density at radius 3 is 2.47 bits per heavy atom. The zero-order chi connectivity index (χ0) is 28.3. The number of nitroso groups, excluding NO2 is 1. The van der Waals surface area contributed by atoms with Crippen molar-refractivity contribution in [3.05, 3.63) is 4.91 Å². The van der Waals surface area contributed by atoms with Crippen LogP contribution in [0.3, 0.4) is 0 Å².